The van der Waals surface area contributed by atoms with Crippen LogP contribution in [0.4, 0.5) is 13.2 Å². The van der Waals surface area contributed by atoms with Gasteiger partial charge in [-0.1, -0.05) is 0 Å². The summed E-state index contributed by atoms with van der Waals surface area (Å²) in [6.07, 6.45) is 3.18. The highest BCUT2D eigenvalue weighted by Gasteiger charge is 2.45. The van der Waals surface area contributed by atoms with Gasteiger partial charge in [0.05, 0.1) is 22.3 Å². The summed E-state index contributed by atoms with van der Waals surface area (Å²) in [6.45, 7) is 5.46. The molecular weight excluding hydrogens is 415 g/mol. The number of halogens is 3. The molecule has 3 N–H and O–H groups in total. The lowest BCUT2D eigenvalue weighted by molar-refractivity contribution is -0.135. The Labute approximate surface area is 178 Å². The van der Waals surface area contributed by atoms with E-state index in [0.29, 0.717) is 18.9 Å². The molecule has 0 radical (unpaired) electrons. The summed E-state index contributed by atoms with van der Waals surface area (Å²) in [5.74, 6) is -3.21. The van der Waals surface area contributed by atoms with E-state index >= 15 is 0 Å². The molecule has 0 saturated carbocycles. The minimum atomic E-state index is -1.42. The molecule has 2 saturated heterocycles. The Kier molecular flexibility index (Phi) is 6.94. The maximum Gasteiger partial charge on any atom is 0.236 e. The second-order valence-electron chi connectivity index (χ2n) is 9.29. The van der Waals surface area contributed by atoms with Gasteiger partial charge in [-0.25, -0.2) is 22.1 Å². The van der Waals surface area contributed by atoms with Gasteiger partial charge in [-0.2, -0.15) is 0 Å². The van der Waals surface area contributed by atoms with Crippen LogP contribution in [-0.2, 0) is 22.2 Å². The molecular formula is C21H30F3N3O2S. The van der Waals surface area contributed by atoms with Crippen LogP contribution in [0.15, 0.2) is 12.1 Å². The van der Waals surface area contributed by atoms with Crippen molar-refractivity contribution in [2.75, 3.05) is 6.54 Å². The molecule has 2 fully saturated rings. The molecule has 2 aliphatic rings. The number of nitrogens with two attached hydrogens (primary N) is 1. The molecule has 168 valence electrons. The van der Waals surface area contributed by atoms with E-state index in [1.54, 1.807) is 0 Å². The van der Waals surface area contributed by atoms with Crippen LogP contribution in [0, 0.1) is 23.4 Å². The van der Waals surface area contributed by atoms with Crippen molar-refractivity contribution in [1.29, 1.82) is 0 Å². The first-order valence-electron chi connectivity index (χ1n) is 10.3. The summed E-state index contributed by atoms with van der Waals surface area (Å²) >= 11 is 0. The molecule has 1 amide bonds. The highest BCUT2D eigenvalue weighted by Crippen LogP contribution is 2.40. The second-order valence-corrected chi connectivity index (χ2v) is 11.3. The predicted octanol–water partition coefficient (Wildman–Crippen LogP) is 2.80. The van der Waals surface area contributed by atoms with E-state index in [1.165, 1.54) is 0 Å². The zero-order valence-corrected chi connectivity index (χ0v) is 18.4. The average molecular weight is 446 g/mol. The van der Waals surface area contributed by atoms with Gasteiger partial charge in [-0.15, -0.1) is 0 Å². The lowest BCUT2D eigenvalue weighted by Crippen LogP contribution is -2.53. The summed E-state index contributed by atoms with van der Waals surface area (Å²) in [5.41, 5.74) is 5.60. The van der Waals surface area contributed by atoms with E-state index in [4.69, 9.17) is 5.73 Å². The standard InChI is InChI=1S/C21H30F3N3O2S/c1-21(2,3)30(29)26-19(9-12-8-17(23)18(24)10-16(12)22)13-6-14-4-5-15(7-13)27(14)20(28)11-25/h8,10,13-15,19,26H,4-7,9,11,25H2,1-3H3/t13?,14-,15+,19-,30-/m0/s1. The van der Waals surface area contributed by atoms with Crippen molar-refractivity contribution in [3.05, 3.63) is 35.1 Å². The number of rotatable bonds is 6. The number of amides is 1. The van der Waals surface area contributed by atoms with Crippen LogP contribution in [0.1, 0.15) is 52.0 Å². The topological polar surface area (TPSA) is 75.4 Å². The van der Waals surface area contributed by atoms with E-state index in [9.17, 15) is 22.2 Å². The summed E-state index contributed by atoms with van der Waals surface area (Å²) in [4.78, 5) is 14.1. The van der Waals surface area contributed by atoms with Crippen LogP contribution in [0.5, 0.6) is 0 Å². The maximum absolute atomic E-state index is 14.3. The fourth-order valence-corrected chi connectivity index (χ4v) is 5.54. The summed E-state index contributed by atoms with van der Waals surface area (Å²) < 4.78 is 56.8. The third-order valence-electron chi connectivity index (χ3n) is 6.14. The number of nitrogens with zero attached hydrogens (tertiary/aromatic N) is 1. The maximum atomic E-state index is 14.3. The quantitative estimate of drug-likeness (QED) is 0.662. The van der Waals surface area contributed by atoms with Crippen LogP contribution in [0.2, 0.25) is 0 Å². The Morgan fingerprint density at radius 3 is 2.27 bits per heavy atom. The Balaban J connectivity index is 1.85. The molecule has 9 heteroatoms. The van der Waals surface area contributed by atoms with Gasteiger partial charge in [0.2, 0.25) is 5.91 Å². The highest BCUT2D eigenvalue weighted by molar-refractivity contribution is 7.84. The van der Waals surface area contributed by atoms with Crippen molar-refractivity contribution in [3.8, 4) is 0 Å². The minimum Gasteiger partial charge on any atom is -0.336 e. The first-order valence-corrected chi connectivity index (χ1v) is 11.5. The van der Waals surface area contributed by atoms with Gasteiger partial charge in [-0.3, -0.25) is 4.79 Å². The lowest BCUT2D eigenvalue weighted by atomic mass is 9.82. The van der Waals surface area contributed by atoms with Crippen LogP contribution in [-0.4, -0.2) is 44.4 Å². The van der Waals surface area contributed by atoms with Crippen LogP contribution in [0.25, 0.3) is 0 Å². The number of carbonyl (C=O) groups is 1. The van der Waals surface area contributed by atoms with Gasteiger partial charge in [-0.05, 0) is 70.4 Å². The third-order valence-corrected chi connectivity index (χ3v) is 7.77. The molecule has 2 aliphatic heterocycles. The van der Waals surface area contributed by atoms with Gasteiger partial charge < -0.3 is 10.6 Å². The van der Waals surface area contributed by atoms with Gasteiger partial charge >= 0.3 is 0 Å². The molecule has 2 bridgehead atoms. The van der Waals surface area contributed by atoms with Gasteiger partial charge in [0.1, 0.15) is 5.82 Å². The smallest absolute Gasteiger partial charge is 0.236 e. The van der Waals surface area contributed by atoms with Crippen molar-refractivity contribution in [2.45, 2.75) is 75.7 Å². The number of benzene rings is 1. The van der Waals surface area contributed by atoms with Crippen LogP contribution in [0.3, 0.4) is 0 Å². The molecule has 5 atom stereocenters. The molecule has 5 nitrogen and oxygen atoms in total. The Hall–Kier alpha value is -1.45. The number of nitrogens with one attached hydrogen (secondary N) is 1. The minimum absolute atomic E-state index is 0.0168. The average Bonchev–Trinajstić information content (AvgIpc) is 2.93. The number of piperidine rings is 1. The normalized spacial score (nSPS) is 26.0. The zero-order chi connectivity index (χ0) is 22.2. The molecule has 1 aromatic carbocycles. The van der Waals surface area contributed by atoms with Crippen molar-refractivity contribution in [2.24, 2.45) is 11.7 Å². The van der Waals surface area contributed by atoms with Crippen LogP contribution < -0.4 is 10.5 Å². The summed E-state index contributed by atoms with van der Waals surface area (Å²) in [7, 11) is -1.42. The van der Waals surface area contributed by atoms with E-state index in [2.05, 4.69) is 4.72 Å². The Morgan fingerprint density at radius 1 is 1.17 bits per heavy atom. The second kappa shape index (κ2) is 8.96. The van der Waals surface area contributed by atoms with E-state index < -0.39 is 39.2 Å². The summed E-state index contributed by atoms with van der Waals surface area (Å²) in [5, 5.41) is 0. The molecule has 2 heterocycles. The van der Waals surface area contributed by atoms with Crippen molar-refractivity contribution >= 4 is 16.9 Å². The monoisotopic (exact) mass is 445 g/mol. The van der Waals surface area contributed by atoms with Crippen molar-refractivity contribution in [1.82, 2.24) is 9.62 Å². The molecule has 0 aromatic heterocycles. The molecule has 3 rings (SSSR count). The number of hydrogen-bond acceptors (Lipinski definition) is 3. The molecule has 30 heavy (non-hydrogen) atoms. The van der Waals surface area contributed by atoms with Gasteiger partial charge in [0.15, 0.2) is 11.6 Å². The highest BCUT2D eigenvalue weighted by atomic mass is 32.2. The largest absolute Gasteiger partial charge is 0.336 e. The van der Waals surface area contributed by atoms with Crippen LogP contribution >= 0.6 is 0 Å². The van der Waals surface area contributed by atoms with Crippen molar-refractivity contribution < 1.29 is 22.2 Å². The Bertz CT molecular complexity index is 816. The van der Waals surface area contributed by atoms with E-state index in [-0.39, 0.29) is 42.4 Å². The predicted molar refractivity (Wildman–Crippen MR) is 110 cm³/mol. The third kappa shape index (κ3) is 4.89. The lowest BCUT2D eigenvalue weighted by Gasteiger charge is -2.42. The molecule has 1 unspecified atom stereocenters. The number of fused-ring (bicyclic) bond motifs is 2. The van der Waals surface area contributed by atoms with E-state index in [0.717, 1.165) is 18.9 Å². The first-order chi connectivity index (χ1) is 14.0. The van der Waals surface area contributed by atoms with Gasteiger partial charge in [0.25, 0.3) is 0 Å². The molecule has 1 aromatic rings. The van der Waals surface area contributed by atoms with Crippen molar-refractivity contribution in [3.63, 3.8) is 0 Å². The molecule has 0 spiro atoms. The summed E-state index contributed by atoms with van der Waals surface area (Å²) in [6, 6.07) is 1.12. The number of carbonyl (C=O) groups excluding carboxylic acids is 1. The SMILES string of the molecule is CC(C)(C)[S@](=O)N[C@@H](Cc1cc(F)c(F)cc1F)C1C[C@H]2CC[C@@H](C1)N2C(=O)CN. The van der Waals surface area contributed by atoms with Gasteiger partial charge in [0, 0.05) is 24.2 Å². The zero-order valence-electron chi connectivity index (χ0n) is 17.6. The number of hydrogen-bond donors (Lipinski definition) is 2. The Morgan fingerprint density at radius 2 is 1.73 bits per heavy atom. The fourth-order valence-electron chi connectivity index (χ4n) is 4.64. The fraction of sp³-hybridized carbons (Fsp3) is 0.667. The first kappa shape index (κ1) is 23.2. The molecule has 0 aliphatic carbocycles. The van der Waals surface area contributed by atoms with E-state index in [1.807, 2.05) is 25.7 Å².